The average molecular weight is 319 g/mol. The molecule has 1 aromatic heterocycles. The van der Waals surface area contributed by atoms with E-state index in [0.717, 1.165) is 16.2 Å². The molecule has 0 unspecified atom stereocenters. The molecule has 0 aliphatic carbocycles. The van der Waals surface area contributed by atoms with Crippen molar-refractivity contribution in [2.45, 2.75) is 6.92 Å². The number of carboxylic acid groups (broad SMARTS) is 1. The fourth-order valence-electron chi connectivity index (χ4n) is 2.00. The number of hydrogen-bond acceptors (Lipinski definition) is 5. The molecule has 1 amide bonds. The highest BCUT2D eigenvalue weighted by Crippen LogP contribution is 2.32. The van der Waals surface area contributed by atoms with Gasteiger partial charge in [0.05, 0.1) is 36.3 Å². The van der Waals surface area contributed by atoms with Crippen LogP contribution in [0.25, 0.3) is 10.6 Å². The Morgan fingerprint density at radius 1 is 1.32 bits per heavy atom. The van der Waals surface area contributed by atoms with Crippen LogP contribution in [0.15, 0.2) is 24.3 Å². The molecule has 22 heavy (non-hydrogen) atoms. The van der Waals surface area contributed by atoms with Crippen LogP contribution >= 0.6 is 11.3 Å². The van der Waals surface area contributed by atoms with Crippen molar-refractivity contribution in [3.05, 3.63) is 34.8 Å². The number of para-hydroxylation sites is 1. The van der Waals surface area contributed by atoms with Crippen molar-refractivity contribution in [3.8, 4) is 10.6 Å². The molecule has 2 rings (SSSR count). The van der Waals surface area contributed by atoms with E-state index in [2.05, 4.69) is 10.3 Å². The second kappa shape index (κ2) is 6.67. The molecule has 1 heterocycles. The number of aryl methyl sites for hydroxylation is 1. The number of rotatable bonds is 5. The molecule has 0 fully saturated rings. The van der Waals surface area contributed by atoms with Crippen LogP contribution in [-0.4, -0.2) is 37.5 Å². The highest BCUT2D eigenvalue weighted by Gasteiger charge is 2.15. The summed E-state index contributed by atoms with van der Waals surface area (Å²) >= 11 is 1.05. The number of likely N-dealkylation sites (N-methyl/N-ethyl adjacent to an activating group) is 1. The first-order valence-corrected chi connectivity index (χ1v) is 7.57. The number of anilines is 1. The molecule has 0 bridgehead atoms. The maximum Gasteiger partial charge on any atom is 0.279 e. The number of aromatic carboxylic acids is 1. The predicted molar refractivity (Wildman–Crippen MR) is 82.9 cm³/mol. The van der Waals surface area contributed by atoms with E-state index < -0.39 is 5.97 Å². The van der Waals surface area contributed by atoms with Gasteiger partial charge in [-0.1, -0.05) is 12.1 Å². The molecule has 116 valence electrons. The number of carbonyl (C=O) groups excluding carboxylic acids is 2. The van der Waals surface area contributed by atoms with Crippen LogP contribution in [0.1, 0.15) is 15.4 Å². The number of benzene rings is 1. The molecule has 7 heteroatoms. The number of amides is 1. The average Bonchev–Trinajstić information content (AvgIpc) is 2.80. The highest BCUT2D eigenvalue weighted by molar-refractivity contribution is 7.17. The fourth-order valence-corrected chi connectivity index (χ4v) is 2.94. The Kier molecular flexibility index (Phi) is 4.89. The van der Waals surface area contributed by atoms with Gasteiger partial charge in [0.1, 0.15) is 5.01 Å². The molecule has 6 nitrogen and oxygen atoms in total. The monoisotopic (exact) mass is 319 g/mol. The van der Waals surface area contributed by atoms with Gasteiger partial charge in [-0.15, -0.1) is 11.3 Å². The Labute approximate surface area is 132 Å². The van der Waals surface area contributed by atoms with Crippen LogP contribution in [-0.2, 0) is 4.79 Å². The van der Waals surface area contributed by atoms with Crippen LogP contribution in [0, 0.1) is 6.92 Å². The third kappa shape index (κ3) is 3.69. The number of thiazole rings is 1. The summed E-state index contributed by atoms with van der Waals surface area (Å²) in [5.74, 6) is -1.35. The van der Waals surface area contributed by atoms with Crippen molar-refractivity contribution in [1.82, 2.24) is 4.98 Å². The van der Waals surface area contributed by atoms with Gasteiger partial charge in [0.15, 0.2) is 6.54 Å². The smallest absolute Gasteiger partial charge is 0.279 e. The van der Waals surface area contributed by atoms with E-state index >= 15 is 0 Å². The van der Waals surface area contributed by atoms with Crippen LogP contribution in [0.4, 0.5) is 5.69 Å². The first-order valence-electron chi connectivity index (χ1n) is 6.75. The third-order valence-corrected chi connectivity index (χ3v) is 4.10. The number of carbonyl (C=O) groups is 2. The number of aromatic nitrogens is 1. The summed E-state index contributed by atoms with van der Waals surface area (Å²) in [7, 11) is 3.78. The van der Waals surface area contributed by atoms with E-state index in [1.165, 1.54) is 0 Å². The molecule has 0 aliphatic rings. The summed E-state index contributed by atoms with van der Waals surface area (Å²) < 4.78 is 0. The van der Waals surface area contributed by atoms with Gasteiger partial charge in [0.2, 0.25) is 0 Å². The number of hydrogen-bond donors (Lipinski definition) is 2. The van der Waals surface area contributed by atoms with Gasteiger partial charge >= 0.3 is 0 Å². The Morgan fingerprint density at radius 2 is 2.00 bits per heavy atom. The molecule has 0 radical (unpaired) electrons. The van der Waals surface area contributed by atoms with Gasteiger partial charge < -0.3 is 20.1 Å². The molecular weight excluding hydrogens is 302 g/mol. The summed E-state index contributed by atoms with van der Waals surface area (Å²) in [6.45, 7) is 1.97. The first kappa shape index (κ1) is 16.1. The molecule has 1 aromatic carbocycles. The van der Waals surface area contributed by atoms with Crippen molar-refractivity contribution in [2.75, 3.05) is 26.0 Å². The predicted octanol–water partition coefficient (Wildman–Crippen LogP) is -0.435. The van der Waals surface area contributed by atoms with E-state index in [0.29, 0.717) is 28.5 Å². The maximum atomic E-state index is 11.9. The van der Waals surface area contributed by atoms with Gasteiger partial charge in [-0.05, 0) is 19.1 Å². The topological polar surface area (TPSA) is 86.6 Å². The molecule has 2 aromatic rings. The summed E-state index contributed by atoms with van der Waals surface area (Å²) in [5, 5.41) is 14.4. The molecule has 0 atom stereocenters. The minimum absolute atomic E-state index is 0.105. The lowest BCUT2D eigenvalue weighted by atomic mass is 10.2. The van der Waals surface area contributed by atoms with E-state index in [9.17, 15) is 14.7 Å². The lowest BCUT2D eigenvalue weighted by Gasteiger charge is -2.10. The van der Waals surface area contributed by atoms with Gasteiger partial charge in [-0.25, -0.2) is 4.98 Å². The number of nitrogens with one attached hydrogen (secondary N) is 2. The standard InChI is InChI=1S/C15H17N3O3S/c1-9-13(15(20)21)22-14(16-9)10-6-4-5-7-11(10)17-12(19)8-18(2)3/h4-7H,8H2,1-3H3,(H,17,19)(H,20,21). The summed E-state index contributed by atoms with van der Waals surface area (Å²) in [6.07, 6.45) is 0. The molecule has 0 saturated heterocycles. The first-order chi connectivity index (χ1) is 10.4. The summed E-state index contributed by atoms with van der Waals surface area (Å²) in [4.78, 5) is 28.4. The van der Waals surface area contributed by atoms with Crippen LogP contribution in [0.5, 0.6) is 0 Å². The van der Waals surface area contributed by atoms with Gasteiger partial charge in [0.25, 0.3) is 5.91 Å². The minimum Gasteiger partial charge on any atom is -0.544 e. The van der Waals surface area contributed by atoms with Gasteiger partial charge in [-0.2, -0.15) is 0 Å². The van der Waals surface area contributed by atoms with E-state index in [4.69, 9.17) is 0 Å². The van der Waals surface area contributed by atoms with Crippen LogP contribution in [0.2, 0.25) is 0 Å². The Bertz CT molecular complexity index is 710. The highest BCUT2D eigenvalue weighted by atomic mass is 32.1. The van der Waals surface area contributed by atoms with Crippen molar-refractivity contribution < 1.29 is 19.6 Å². The lowest BCUT2D eigenvalue weighted by molar-refractivity contribution is -0.849. The zero-order valence-corrected chi connectivity index (χ0v) is 13.4. The Balaban J connectivity index is 2.34. The molecular formula is C15H17N3O3S. The fraction of sp³-hybridized carbons (Fsp3) is 0.267. The number of quaternary nitrogens is 1. The minimum atomic E-state index is -1.24. The van der Waals surface area contributed by atoms with Crippen LogP contribution in [0.3, 0.4) is 0 Å². The summed E-state index contributed by atoms with van der Waals surface area (Å²) in [5.41, 5.74) is 1.73. The summed E-state index contributed by atoms with van der Waals surface area (Å²) in [6, 6.07) is 7.20. The maximum absolute atomic E-state index is 11.9. The number of carboxylic acids is 1. The quantitative estimate of drug-likeness (QED) is 0.783. The lowest BCUT2D eigenvalue weighted by Crippen LogP contribution is -3.06. The van der Waals surface area contributed by atoms with Gasteiger partial charge in [-0.3, -0.25) is 4.79 Å². The molecule has 0 spiro atoms. The molecule has 2 N–H and O–H groups in total. The van der Waals surface area contributed by atoms with Crippen molar-refractivity contribution in [2.24, 2.45) is 0 Å². The van der Waals surface area contributed by atoms with E-state index in [1.807, 2.05) is 26.2 Å². The van der Waals surface area contributed by atoms with Crippen LogP contribution < -0.4 is 15.3 Å². The molecule has 0 saturated carbocycles. The largest absolute Gasteiger partial charge is 0.544 e. The van der Waals surface area contributed by atoms with Crippen molar-refractivity contribution in [1.29, 1.82) is 0 Å². The second-order valence-corrected chi connectivity index (χ2v) is 6.20. The Morgan fingerprint density at radius 3 is 2.59 bits per heavy atom. The zero-order valence-electron chi connectivity index (χ0n) is 12.6. The van der Waals surface area contributed by atoms with E-state index in [1.54, 1.807) is 19.1 Å². The number of nitrogens with zero attached hydrogens (tertiary/aromatic N) is 1. The second-order valence-electron chi connectivity index (χ2n) is 5.20. The molecule has 0 aliphatic heterocycles. The zero-order chi connectivity index (χ0) is 16.3. The van der Waals surface area contributed by atoms with Crippen molar-refractivity contribution >= 4 is 28.9 Å². The van der Waals surface area contributed by atoms with Crippen molar-refractivity contribution in [3.63, 3.8) is 0 Å². The van der Waals surface area contributed by atoms with E-state index in [-0.39, 0.29) is 10.8 Å². The third-order valence-electron chi connectivity index (χ3n) is 2.93. The Hall–Kier alpha value is -2.25. The normalized spacial score (nSPS) is 10.7. The van der Waals surface area contributed by atoms with Gasteiger partial charge in [0, 0.05) is 5.56 Å². The SMILES string of the molecule is Cc1nc(-c2ccccc2NC(=O)C[NH+](C)C)sc1C(=O)[O-].